The zero-order valence-electron chi connectivity index (χ0n) is 9.72. The summed E-state index contributed by atoms with van der Waals surface area (Å²) in [5.74, 6) is 0.0131. The zero-order valence-corrected chi connectivity index (χ0v) is 10.5. The molecule has 0 aliphatic carbocycles. The number of nitrogens with zero attached hydrogens (tertiary/aromatic N) is 1. The highest BCUT2D eigenvalue weighted by atomic mass is 35.5. The Bertz CT molecular complexity index is 827. The number of nitrogens with one attached hydrogen (secondary N) is 1. The van der Waals surface area contributed by atoms with Gasteiger partial charge in [0.2, 0.25) is 0 Å². The van der Waals surface area contributed by atoms with Crippen LogP contribution in [-0.2, 0) is 0 Å². The summed E-state index contributed by atoms with van der Waals surface area (Å²) < 4.78 is 0. The topological polar surface area (TPSA) is 66.0 Å². The van der Waals surface area contributed by atoms with E-state index < -0.39 is 0 Å². The van der Waals surface area contributed by atoms with Gasteiger partial charge in [-0.2, -0.15) is 5.10 Å². The number of phenols is 1. The number of aromatic nitrogens is 2. The number of H-pyrrole nitrogens is 1. The van der Waals surface area contributed by atoms with Gasteiger partial charge in [0.1, 0.15) is 5.75 Å². The highest BCUT2D eigenvalue weighted by Crippen LogP contribution is 2.30. The van der Waals surface area contributed by atoms with Gasteiger partial charge >= 0.3 is 0 Å². The summed E-state index contributed by atoms with van der Waals surface area (Å²) in [6, 6.07) is 12.0. The molecule has 0 bridgehead atoms. The summed E-state index contributed by atoms with van der Waals surface area (Å²) in [5, 5.41) is 17.5. The average molecular weight is 273 g/mol. The van der Waals surface area contributed by atoms with E-state index >= 15 is 0 Å². The third-order valence-corrected chi connectivity index (χ3v) is 3.22. The lowest BCUT2D eigenvalue weighted by atomic mass is 10.1. The first-order valence-corrected chi connectivity index (χ1v) is 6.01. The van der Waals surface area contributed by atoms with E-state index in [1.54, 1.807) is 24.3 Å². The van der Waals surface area contributed by atoms with Crippen LogP contribution in [0.25, 0.3) is 22.0 Å². The number of benzene rings is 2. The molecule has 0 amide bonds. The van der Waals surface area contributed by atoms with Gasteiger partial charge in [-0.3, -0.25) is 4.79 Å². The largest absolute Gasteiger partial charge is 0.506 e. The average Bonchev–Trinajstić information content (AvgIpc) is 2.43. The molecular formula is C14H9ClN2O2. The summed E-state index contributed by atoms with van der Waals surface area (Å²) in [5.41, 5.74) is 1.12. The molecule has 0 saturated heterocycles. The normalized spacial score (nSPS) is 10.8. The van der Waals surface area contributed by atoms with Crippen molar-refractivity contribution in [2.45, 2.75) is 0 Å². The lowest BCUT2D eigenvalue weighted by Gasteiger charge is -2.06. The van der Waals surface area contributed by atoms with E-state index in [1.807, 2.05) is 12.1 Å². The van der Waals surface area contributed by atoms with Gasteiger partial charge in [0.05, 0.1) is 16.1 Å². The number of phenolic OH excluding ortho intramolecular Hbond substituents is 1. The van der Waals surface area contributed by atoms with Crippen molar-refractivity contribution in [1.82, 2.24) is 10.2 Å². The summed E-state index contributed by atoms with van der Waals surface area (Å²) >= 11 is 5.90. The molecule has 19 heavy (non-hydrogen) atoms. The second-order valence-corrected chi connectivity index (χ2v) is 4.52. The Labute approximate surface area is 113 Å². The van der Waals surface area contributed by atoms with Gasteiger partial charge in [0.25, 0.3) is 5.56 Å². The number of rotatable bonds is 1. The van der Waals surface area contributed by atoms with Crippen LogP contribution in [0.15, 0.2) is 47.3 Å². The van der Waals surface area contributed by atoms with Crippen LogP contribution in [0.1, 0.15) is 0 Å². The van der Waals surface area contributed by atoms with Crippen LogP contribution >= 0.6 is 11.6 Å². The molecule has 0 aliphatic heterocycles. The van der Waals surface area contributed by atoms with Crippen LogP contribution in [0.4, 0.5) is 0 Å². The quantitative estimate of drug-likeness (QED) is 0.716. The molecule has 1 aromatic heterocycles. The molecule has 0 radical (unpaired) electrons. The monoisotopic (exact) mass is 272 g/mol. The van der Waals surface area contributed by atoms with E-state index in [4.69, 9.17) is 11.6 Å². The molecule has 1 heterocycles. The first-order valence-electron chi connectivity index (χ1n) is 5.63. The molecule has 0 atom stereocenters. The molecule has 0 saturated carbocycles. The maximum atomic E-state index is 11.7. The first kappa shape index (κ1) is 11.7. The molecule has 3 aromatic rings. The van der Waals surface area contributed by atoms with Crippen molar-refractivity contribution in [3.63, 3.8) is 0 Å². The number of fused-ring (bicyclic) bond motifs is 1. The molecule has 0 unspecified atom stereocenters. The molecule has 0 aliphatic rings. The predicted molar refractivity (Wildman–Crippen MR) is 74.5 cm³/mol. The highest BCUT2D eigenvalue weighted by Gasteiger charge is 2.09. The Morgan fingerprint density at radius 2 is 1.84 bits per heavy atom. The fraction of sp³-hybridized carbons (Fsp3) is 0. The predicted octanol–water partition coefficient (Wildman–Crippen LogP) is 2.95. The molecule has 5 heteroatoms. The Morgan fingerprint density at radius 3 is 2.58 bits per heavy atom. The van der Waals surface area contributed by atoms with Crippen molar-refractivity contribution in [2.24, 2.45) is 0 Å². The van der Waals surface area contributed by atoms with Crippen LogP contribution in [0, 0.1) is 0 Å². The summed E-state index contributed by atoms with van der Waals surface area (Å²) in [6.07, 6.45) is 0. The van der Waals surface area contributed by atoms with E-state index in [2.05, 4.69) is 10.2 Å². The Morgan fingerprint density at radius 1 is 1.11 bits per heavy atom. The summed E-state index contributed by atoms with van der Waals surface area (Å²) in [4.78, 5) is 11.7. The van der Waals surface area contributed by atoms with Crippen molar-refractivity contribution >= 4 is 22.4 Å². The van der Waals surface area contributed by atoms with Crippen molar-refractivity contribution in [3.8, 4) is 17.0 Å². The van der Waals surface area contributed by atoms with Gasteiger partial charge < -0.3 is 5.11 Å². The van der Waals surface area contributed by atoms with Gasteiger partial charge in [0.15, 0.2) is 0 Å². The maximum Gasteiger partial charge on any atom is 0.272 e. The second kappa shape index (κ2) is 4.40. The summed E-state index contributed by atoms with van der Waals surface area (Å²) in [7, 11) is 0. The van der Waals surface area contributed by atoms with Crippen molar-refractivity contribution < 1.29 is 5.11 Å². The highest BCUT2D eigenvalue weighted by molar-refractivity contribution is 6.32. The number of hydrogen-bond acceptors (Lipinski definition) is 3. The minimum absolute atomic E-state index is 0.0131. The van der Waals surface area contributed by atoms with Crippen LogP contribution < -0.4 is 5.56 Å². The molecule has 0 spiro atoms. The standard InChI is InChI=1S/C14H9ClN2O2/c15-11-7-8(5-6-12(11)18)13-9-3-1-2-4-10(9)14(19)17-16-13/h1-7,18H,(H,17,19). The molecule has 0 fully saturated rings. The van der Waals surface area contributed by atoms with Crippen molar-refractivity contribution in [2.75, 3.05) is 0 Å². The number of aromatic hydroxyl groups is 1. The molecular weight excluding hydrogens is 264 g/mol. The van der Waals surface area contributed by atoms with Gasteiger partial charge in [-0.1, -0.05) is 29.8 Å². The molecule has 4 nitrogen and oxygen atoms in total. The Kier molecular flexibility index (Phi) is 2.72. The van der Waals surface area contributed by atoms with Gasteiger partial charge in [-0.05, 0) is 24.3 Å². The Balaban J connectivity index is 2.34. The molecule has 2 aromatic carbocycles. The third kappa shape index (κ3) is 1.96. The van der Waals surface area contributed by atoms with Crippen LogP contribution in [0.3, 0.4) is 0 Å². The van der Waals surface area contributed by atoms with E-state index in [-0.39, 0.29) is 16.3 Å². The van der Waals surface area contributed by atoms with Crippen LogP contribution in [0.2, 0.25) is 5.02 Å². The van der Waals surface area contributed by atoms with Crippen LogP contribution in [-0.4, -0.2) is 15.3 Å². The number of halogens is 1. The summed E-state index contributed by atoms with van der Waals surface area (Å²) in [6.45, 7) is 0. The lowest BCUT2D eigenvalue weighted by Crippen LogP contribution is -2.09. The van der Waals surface area contributed by atoms with E-state index in [0.29, 0.717) is 11.1 Å². The smallest absolute Gasteiger partial charge is 0.272 e. The molecule has 3 rings (SSSR count). The molecule has 2 N–H and O–H groups in total. The fourth-order valence-corrected chi connectivity index (χ4v) is 2.17. The fourth-order valence-electron chi connectivity index (χ4n) is 1.99. The number of hydrogen-bond donors (Lipinski definition) is 2. The third-order valence-electron chi connectivity index (χ3n) is 2.92. The maximum absolute atomic E-state index is 11.7. The first-order chi connectivity index (χ1) is 9.16. The lowest BCUT2D eigenvalue weighted by molar-refractivity contribution is 0.475. The van der Waals surface area contributed by atoms with Crippen molar-refractivity contribution in [1.29, 1.82) is 0 Å². The van der Waals surface area contributed by atoms with Gasteiger partial charge in [-0.25, -0.2) is 5.10 Å². The number of aromatic amines is 1. The SMILES string of the molecule is O=c1[nH]nc(-c2ccc(O)c(Cl)c2)c2ccccc12. The van der Waals surface area contributed by atoms with Gasteiger partial charge in [-0.15, -0.1) is 0 Å². The van der Waals surface area contributed by atoms with Crippen molar-refractivity contribution in [3.05, 3.63) is 57.8 Å². The van der Waals surface area contributed by atoms with E-state index in [0.717, 1.165) is 10.9 Å². The van der Waals surface area contributed by atoms with E-state index in [1.165, 1.54) is 6.07 Å². The minimum atomic E-state index is -0.232. The zero-order chi connectivity index (χ0) is 13.4. The Hall–Kier alpha value is -2.33. The molecule has 94 valence electrons. The van der Waals surface area contributed by atoms with E-state index in [9.17, 15) is 9.90 Å². The van der Waals surface area contributed by atoms with Crippen LogP contribution in [0.5, 0.6) is 5.75 Å². The second-order valence-electron chi connectivity index (χ2n) is 4.11. The van der Waals surface area contributed by atoms with Gasteiger partial charge in [0, 0.05) is 10.9 Å². The minimum Gasteiger partial charge on any atom is -0.506 e.